The van der Waals surface area contributed by atoms with Crippen LogP contribution in [0.15, 0.2) is 96.0 Å². The van der Waals surface area contributed by atoms with E-state index in [1.807, 2.05) is 91.0 Å². The van der Waals surface area contributed by atoms with Gasteiger partial charge < -0.3 is 42.0 Å². The van der Waals surface area contributed by atoms with E-state index in [0.717, 1.165) is 42.6 Å². The molecular weight excluding hydrogens is 640 g/mol. The third-order valence-electron chi connectivity index (χ3n) is 5.46. The van der Waals surface area contributed by atoms with Crippen LogP contribution >= 0.6 is 11.6 Å². The summed E-state index contributed by atoms with van der Waals surface area (Å²) in [6.07, 6.45) is 2.87. The number of nitrogens with zero attached hydrogens (tertiary/aromatic N) is 1. The van der Waals surface area contributed by atoms with E-state index in [2.05, 4.69) is 20.4 Å². The molecule has 0 saturated heterocycles. The third-order valence-corrected chi connectivity index (χ3v) is 5.57. The average molecular weight is 687 g/mol. The van der Waals surface area contributed by atoms with Crippen LogP contribution < -0.4 is 27.8 Å². The van der Waals surface area contributed by atoms with Crippen LogP contribution in [-0.2, 0) is 38.8 Å². The second-order valence-electron chi connectivity index (χ2n) is 9.39. The number of benzene rings is 3. The number of aliphatic imine (C=N–C) groups is 1. The van der Waals surface area contributed by atoms with E-state index >= 15 is 0 Å². The summed E-state index contributed by atoms with van der Waals surface area (Å²) in [6.45, 7) is 4.15. The Hall–Kier alpha value is -4.78. The van der Waals surface area contributed by atoms with E-state index in [0.29, 0.717) is 39.2 Å². The molecule has 0 atom stereocenters. The number of nitrogens with one attached hydrogen (secondary N) is 2. The molecule has 0 aliphatic heterocycles. The fraction of sp³-hybridized carbons (Fsp3) is 0.353. The SMILES string of the molecule is NCCCN.NCCCNC(=O)OCc1ccccc1.O=C(Cl)OCc1ccccc1.O=C=NCCCNC(=O)OCc1ccccc1. The van der Waals surface area contributed by atoms with Gasteiger partial charge in [-0.1, -0.05) is 91.0 Å². The molecule has 262 valence electrons. The minimum absolute atomic E-state index is 0.239. The molecule has 8 N–H and O–H groups in total. The van der Waals surface area contributed by atoms with Crippen LogP contribution in [0.5, 0.6) is 0 Å². The van der Waals surface area contributed by atoms with Crippen LogP contribution in [0.4, 0.5) is 14.4 Å². The number of rotatable bonds is 15. The van der Waals surface area contributed by atoms with Gasteiger partial charge in [0.05, 0.1) is 6.54 Å². The van der Waals surface area contributed by atoms with Crippen LogP contribution in [0.3, 0.4) is 0 Å². The summed E-state index contributed by atoms with van der Waals surface area (Å²) in [5, 5.41) is 5.17. The zero-order valence-electron chi connectivity index (χ0n) is 27.1. The van der Waals surface area contributed by atoms with Gasteiger partial charge in [0.15, 0.2) is 0 Å². The molecule has 3 aromatic carbocycles. The van der Waals surface area contributed by atoms with Crippen molar-refractivity contribution in [1.82, 2.24) is 10.6 Å². The lowest BCUT2D eigenvalue weighted by Gasteiger charge is -2.06. The van der Waals surface area contributed by atoms with Gasteiger partial charge in [-0.2, -0.15) is 0 Å². The van der Waals surface area contributed by atoms with E-state index < -0.39 is 17.6 Å². The minimum Gasteiger partial charge on any atom is -0.449 e. The van der Waals surface area contributed by atoms with E-state index in [-0.39, 0.29) is 13.2 Å². The van der Waals surface area contributed by atoms with Gasteiger partial charge in [-0.05, 0) is 55.6 Å². The van der Waals surface area contributed by atoms with Crippen molar-refractivity contribution in [3.05, 3.63) is 108 Å². The van der Waals surface area contributed by atoms with Crippen LogP contribution in [0, 0.1) is 0 Å². The number of carbonyl (C=O) groups is 3. The maximum Gasteiger partial charge on any atom is 0.407 e. The number of alkyl carbamates (subject to hydrolysis) is 2. The smallest absolute Gasteiger partial charge is 0.407 e. The standard InChI is InChI=1S/C12H14N2O3.C11H16N2O2.C8H7ClO2.C3H10N2/c15-10-13-7-4-8-14-12(16)17-9-11-5-2-1-3-6-11;12-7-4-8-13-11(14)15-9-10-5-2-1-3-6-10;9-8(10)11-6-7-4-2-1-3-5-7;4-2-1-3-5/h1-3,5-6H,4,7-9H2,(H,14,16);1-3,5-6H,4,7-9,12H2,(H,13,14);1-5H,6H2;1-5H2. The lowest BCUT2D eigenvalue weighted by Crippen LogP contribution is -2.26. The van der Waals surface area contributed by atoms with Gasteiger partial charge in [-0.25, -0.2) is 24.2 Å². The van der Waals surface area contributed by atoms with Crippen molar-refractivity contribution in [3.8, 4) is 0 Å². The number of isocyanates is 1. The maximum atomic E-state index is 11.2. The molecular formula is C34H47ClN6O7. The van der Waals surface area contributed by atoms with Crippen LogP contribution in [0.2, 0.25) is 0 Å². The Morgan fingerprint density at radius 3 is 1.31 bits per heavy atom. The number of hydrogen-bond acceptors (Lipinski definition) is 11. The minimum atomic E-state index is -0.770. The maximum absolute atomic E-state index is 11.2. The first kappa shape index (κ1) is 43.2. The number of nitrogens with two attached hydrogens (primary N) is 3. The van der Waals surface area contributed by atoms with Crippen molar-refractivity contribution in [2.45, 2.75) is 39.1 Å². The van der Waals surface area contributed by atoms with Crippen LogP contribution in [0.1, 0.15) is 36.0 Å². The zero-order chi connectivity index (χ0) is 35.5. The first-order valence-electron chi connectivity index (χ1n) is 15.2. The Kier molecular flexibility index (Phi) is 29.0. The lowest BCUT2D eigenvalue weighted by atomic mass is 10.2. The number of hydrogen-bond donors (Lipinski definition) is 5. The predicted octanol–water partition coefficient (Wildman–Crippen LogP) is 4.76. The molecule has 0 spiro atoms. The van der Waals surface area contributed by atoms with Gasteiger partial charge in [0.2, 0.25) is 6.08 Å². The summed E-state index contributed by atoms with van der Waals surface area (Å²) in [7, 11) is 0. The van der Waals surface area contributed by atoms with Crippen molar-refractivity contribution < 1.29 is 33.4 Å². The van der Waals surface area contributed by atoms with Crippen LogP contribution in [-0.4, -0.2) is 63.0 Å². The first-order valence-corrected chi connectivity index (χ1v) is 15.6. The second kappa shape index (κ2) is 32.2. The summed E-state index contributed by atoms with van der Waals surface area (Å²) < 4.78 is 14.5. The largest absolute Gasteiger partial charge is 0.449 e. The number of carbonyl (C=O) groups excluding carboxylic acids is 4. The number of ether oxygens (including phenoxy) is 3. The quantitative estimate of drug-likeness (QED) is 0.0486. The molecule has 0 radical (unpaired) electrons. The second-order valence-corrected chi connectivity index (χ2v) is 9.70. The van der Waals surface area contributed by atoms with Gasteiger partial charge in [0.1, 0.15) is 19.8 Å². The molecule has 0 fully saturated rings. The topological polar surface area (TPSA) is 210 Å². The van der Waals surface area contributed by atoms with E-state index in [9.17, 15) is 19.2 Å². The third kappa shape index (κ3) is 28.7. The highest BCUT2D eigenvalue weighted by atomic mass is 35.5. The number of amides is 2. The van der Waals surface area contributed by atoms with Crippen molar-refractivity contribution in [2.24, 2.45) is 22.2 Å². The molecule has 0 aromatic heterocycles. The average Bonchev–Trinajstić information content (AvgIpc) is 3.11. The highest BCUT2D eigenvalue weighted by molar-refractivity contribution is 6.61. The van der Waals surface area contributed by atoms with Crippen molar-refractivity contribution >= 4 is 35.3 Å². The fourth-order valence-corrected chi connectivity index (χ4v) is 3.12. The molecule has 0 unspecified atom stereocenters. The summed E-state index contributed by atoms with van der Waals surface area (Å²) in [5.41, 5.74) is 17.5. The van der Waals surface area contributed by atoms with E-state index in [4.69, 9.17) is 38.3 Å². The summed E-state index contributed by atoms with van der Waals surface area (Å²) in [6, 6.07) is 28.3. The molecule has 0 aliphatic carbocycles. The number of halogens is 1. The van der Waals surface area contributed by atoms with Gasteiger partial charge in [0, 0.05) is 24.7 Å². The molecule has 3 rings (SSSR count). The summed E-state index contributed by atoms with van der Waals surface area (Å²) >= 11 is 4.97. The molecule has 0 aliphatic rings. The molecule has 3 aromatic rings. The van der Waals surface area contributed by atoms with Gasteiger partial charge in [0.25, 0.3) is 0 Å². The fourth-order valence-electron chi connectivity index (χ4n) is 3.07. The van der Waals surface area contributed by atoms with Crippen molar-refractivity contribution in [1.29, 1.82) is 0 Å². The molecule has 2 amide bonds. The van der Waals surface area contributed by atoms with Crippen molar-refractivity contribution in [3.63, 3.8) is 0 Å². The molecule has 0 saturated carbocycles. The predicted molar refractivity (Wildman–Crippen MR) is 186 cm³/mol. The Labute approximate surface area is 287 Å². The first-order chi connectivity index (χ1) is 23.4. The van der Waals surface area contributed by atoms with Gasteiger partial charge in [-0.15, -0.1) is 0 Å². The summed E-state index contributed by atoms with van der Waals surface area (Å²) in [4.78, 5) is 45.6. The Morgan fingerprint density at radius 1 is 0.604 bits per heavy atom. The summed E-state index contributed by atoms with van der Waals surface area (Å²) in [5.74, 6) is 0. The molecule has 48 heavy (non-hydrogen) atoms. The van der Waals surface area contributed by atoms with Gasteiger partial charge >= 0.3 is 17.6 Å². The monoisotopic (exact) mass is 686 g/mol. The molecule has 0 bridgehead atoms. The highest BCUT2D eigenvalue weighted by Gasteiger charge is 2.02. The van der Waals surface area contributed by atoms with Crippen LogP contribution in [0.25, 0.3) is 0 Å². The lowest BCUT2D eigenvalue weighted by molar-refractivity contribution is 0.139. The Balaban J connectivity index is 0.000000655. The molecule has 14 heteroatoms. The Bertz CT molecular complexity index is 1270. The normalized spacial score (nSPS) is 9.25. The van der Waals surface area contributed by atoms with Crippen molar-refractivity contribution in [2.75, 3.05) is 39.3 Å². The van der Waals surface area contributed by atoms with E-state index in [1.165, 1.54) is 6.08 Å². The highest BCUT2D eigenvalue weighted by Crippen LogP contribution is 2.02. The van der Waals surface area contributed by atoms with Gasteiger partial charge in [-0.3, -0.25) is 0 Å². The molecule has 0 heterocycles. The molecule has 13 nitrogen and oxygen atoms in total. The zero-order valence-corrected chi connectivity index (χ0v) is 27.8. The Morgan fingerprint density at radius 2 is 0.979 bits per heavy atom. The van der Waals surface area contributed by atoms with E-state index in [1.54, 1.807) is 0 Å².